The molecular weight excluding hydrogens is 370 g/mol. The van der Waals surface area contributed by atoms with Crippen molar-refractivity contribution in [2.45, 2.75) is 18.6 Å². The molecule has 0 aliphatic carbocycles. The molecule has 0 bridgehead atoms. The van der Waals surface area contributed by atoms with Gasteiger partial charge in [-0.05, 0) is 17.7 Å². The molecular formula is C22H25N3O4. The number of hydrogen-bond donors (Lipinski definition) is 2. The van der Waals surface area contributed by atoms with Crippen LogP contribution >= 0.6 is 0 Å². The third-order valence-corrected chi connectivity index (χ3v) is 6.57. The van der Waals surface area contributed by atoms with Gasteiger partial charge in [0.05, 0.1) is 25.3 Å². The maximum absolute atomic E-state index is 13.1. The highest BCUT2D eigenvalue weighted by atomic mass is 16.5. The number of benzene rings is 1. The Hall–Kier alpha value is -2.48. The normalized spacial score (nSPS) is 28.2. The molecule has 2 N–H and O–H groups in total. The highest BCUT2D eigenvalue weighted by Gasteiger charge is 2.51. The number of nitrogens with one attached hydrogen (secondary N) is 1. The molecule has 2 saturated heterocycles. The maximum atomic E-state index is 13.1. The lowest BCUT2D eigenvalue weighted by Crippen LogP contribution is -2.51. The Labute approximate surface area is 168 Å². The van der Waals surface area contributed by atoms with Crippen LogP contribution in [0.3, 0.4) is 0 Å². The molecule has 5 rings (SSSR count). The van der Waals surface area contributed by atoms with Crippen molar-refractivity contribution >= 4 is 5.91 Å². The van der Waals surface area contributed by atoms with Crippen LogP contribution in [-0.4, -0.2) is 59.4 Å². The molecule has 0 unspecified atom stereocenters. The van der Waals surface area contributed by atoms with Gasteiger partial charge in [-0.3, -0.25) is 14.9 Å². The number of pyridine rings is 1. The fourth-order valence-electron chi connectivity index (χ4n) is 5.06. The van der Waals surface area contributed by atoms with Crippen LogP contribution in [0.4, 0.5) is 0 Å². The Balaban J connectivity index is 1.44. The molecule has 0 radical (unpaired) electrons. The number of aliphatic hydroxyl groups is 1. The first kappa shape index (κ1) is 18.5. The number of nitrogens with zero attached hydrogens (tertiary/aromatic N) is 2. The molecule has 4 atom stereocenters. The first-order valence-electron chi connectivity index (χ1n) is 10.2. The molecule has 0 saturated carbocycles. The van der Waals surface area contributed by atoms with E-state index in [1.165, 1.54) is 0 Å². The molecule has 2 fully saturated rings. The lowest BCUT2D eigenvalue weighted by atomic mass is 9.88. The Morgan fingerprint density at radius 3 is 2.62 bits per heavy atom. The first-order valence-corrected chi connectivity index (χ1v) is 10.2. The van der Waals surface area contributed by atoms with E-state index in [0.29, 0.717) is 38.4 Å². The van der Waals surface area contributed by atoms with Gasteiger partial charge in [-0.15, -0.1) is 0 Å². The number of carbonyl (C=O) groups is 1. The number of ether oxygens (including phenoxy) is 1. The van der Waals surface area contributed by atoms with Gasteiger partial charge in [0.15, 0.2) is 0 Å². The summed E-state index contributed by atoms with van der Waals surface area (Å²) >= 11 is 0. The van der Waals surface area contributed by atoms with Crippen molar-refractivity contribution in [3.05, 3.63) is 58.5 Å². The van der Waals surface area contributed by atoms with Crippen LogP contribution in [0.2, 0.25) is 0 Å². The Morgan fingerprint density at radius 2 is 1.90 bits per heavy atom. The Kier molecular flexibility index (Phi) is 4.73. The quantitative estimate of drug-likeness (QED) is 0.796. The minimum atomic E-state index is -0.425. The molecule has 3 aliphatic rings. The van der Waals surface area contributed by atoms with Gasteiger partial charge in [-0.1, -0.05) is 30.3 Å². The highest BCUT2D eigenvalue weighted by molar-refractivity contribution is 5.83. The molecule has 3 aliphatic heterocycles. The number of rotatable bonds is 3. The zero-order valence-electron chi connectivity index (χ0n) is 16.2. The second-order valence-corrected chi connectivity index (χ2v) is 8.02. The van der Waals surface area contributed by atoms with Gasteiger partial charge in [0.25, 0.3) is 5.56 Å². The average Bonchev–Trinajstić information content (AvgIpc) is 3.31. The largest absolute Gasteiger partial charge is 0.396 e. The number of fused-ring (bicyclic) bond motifs is 3. The molecule has 0 spiro atoms. The third-order valence-electron chi connectivity index (χ3n) is 6.57. The van der Waals surface area contributed by atoms with Crippen LogP contribution in [0.25, 0.3) is 11.1 Å². The summed E-state index contributed by atoms with van der Waals surface area (Å²) in [5.74, 6) is -0.167. The number of aromatic nitrogens is 1. The van der Waals surface area contributed by atoms with Crippen LogP contribution in [0.15, 0.2) is 47.3 Å². The summed E-state index contributed by atoms with van der Waals surface area (Å²) in [7, 11) is 0. The number of aliphatic hydroxyl groups excluding tert-OH is 1. The van der Waals surface area contributed by atoms with Crippen LogP contribution < -0.4 is 10.9 Å². The Bertz CT molecular complexity index is 968. The van der Waals surface area contributed by atoms with E-state index < -0.39 is 6.04 Å². The van der Waals surface area contributed by atoms with Crippen LogP contribution in [0.5, 0.6) is 0 Å². The van der Waals surface area contributed by atoms with Crippen LogP contribution in [0, 0.1) is 11.8 Å². The van der Waals surface area contributed by atoms with Crippen molar-refractivity contribution in [3.63, 3.8) is 0 Å². The fraction of sp³-hybridized carbons (Fsp3) is 0.455. The smallest absolute Gasteiger partial charge is 0.258 e. The molecule has 1 aromatic heterocycles. The maximum Gasteiger partial charge on any atom is 0.258 e. The predicted molar refractivity (Wildman–Crippen MR) is 107 cm³/mol. The van der Waals surface area contributed by atoms with Crippen molar-refractivity contribution in [1.82, 2.24) is 14.8 Å². The van der Waals surface area contributed by atoms with E-state index in [4.69, 9.17) is 4.74 Å². The van der Waals surface area contributed by atoms with E-state index in [2.05, 4.69) is 5.32 Å². The molecule has 1 aromatic carbocycles. The van der Waals surface area contributed by atoms with Crippen LogP contribution in [0.1, 0.15) is 11.7 Å². The summed E-state index contributed by atoms with van der Waals surface area (Å²) in [6.45, 7) is 2.71. The van der Waals surface area contributed by atoms with Gasteiger partial charge >= 0.3 is 0 Å². The predicted octanol–water partition coefficient (Wildman–Crippen LogP) is 0.625. The zero-order chi connectivity index (χ0) is 20.0. The van der Waals surface area contributed by atoms with Crippen molar-refractivity contribution < 1.29 is 14.6 Å². The van der Waals surface area contributed by atoms with Gasteiger partial charge < -0.3 is 19.3 Å². The van der Waals surface area contributed by atoms with E-state index >= 15 is 0 Å². The summed E-state index contributed by atoms with van der Waals surface area (Å²) < 4.78 is 7.15. The summed E-state index contributed by atoms with van der Waals surface area (Å²) in [4.78, 5) is 28.0. The molecule has 7 nitrogen and oxygen atoms in total. The number of hydrogen-bond acceptors (Lipinski definition) is 5. The second kappa shape index (κ2) is 7.40. The van der Waals surface area contributed by atoms with Gasteiger partial charge in [-0.2, -0.15) is 0 Å². The van der Waals surface area contributed by atoms with Crippen molar-refractivity contribution in [2.24, 2.45) is 11.8 Å². The summed E-state index contributed by atoms with van der Waals surface area (Å²) in [5.41, 5.74) is 2.46. The number of carbonyl (C=O) groups excluding carboxylic acids is 1. The standard InChI is InChI=1S/C22H25N3O4/c26-13-17-16-12-25-18(7-6-15(21(25)27)14-4-2-1-3-5-14)19(16)23-20(17)22(28)24-8-10-29-11-9-24/h1-7,16-17,19-20,23,26H,8-13H2/t16-,17-,19+,20-/m1/s1. The second-order valence-electron chi connectivity index (χ2n) is 8.02. The lowest BCUT2D eigenvalue weighted by Gasteiger charge is -2.31. The highest BCUT2D eigenvalue weighted by Crippen LogP contribution is 2.43. The molecule has 4 heterocycles. The van der Waals surface area contributed by atoms with E-state index in [1.54, 1.807) is 0 Å². The Morgan fingerprint density at radius 1 is 1.14 bits per heavy atom. The summed E-state index contributed by atoms with van der Waals surface area (Å²) in [6, 6.07) is 13.0. The van der Waals surface area contributed by atoms with Gasteiger partial charge in [0, 0.05) is 49.3 Å². The van der Waals surface area contributed by atoms with Gasteiger partial charge in [-0.25, -0.2) is 0 Å². The average molecular weight is 395 g/mol. The first-order chi connectivity index (χ1) is 14.2. The summed E-state index contributed by atoms with van der Waals surface area (Å²) in [5, 5.41) is 13.5. The van der Waals surface area contributed by atoms with Gasteiger partial charge in [0.2, 0.25) is 5.91 Å². The molecule has 152 valence electrons. The minimum absolute atomic E-state index is 0.0161. The number of morpholine rings is 1. The molecule has 7 heteroatoms. The van der Waals surface area contributed by atoms with Crippen molar-refractivity contribution in [2.75, 3.05) is 32.9 Å². The topological polar surface area (TPSA) is 83.8 Å². The molecule has 2 aromatic rings. The van der Waals surface area contributed by atoms with Crippen molar-refractivity contribution in [3.8, 4) is 11.1 Å². The molecule has 29 heavy (non-hydrogen) atoms. The SMILES string of the molecule is O=C([C@@H]1N[C@@H]2c3ccc(-c4ccccc4)c(=O)n3C[C@@H]2[C@H]1CO)N1CCOCC1. The summed E-state index contributed by atoms with van der Waals surface area (Å²) in [6.07, 6.45) is 0. The number of amides is 1. The molecule has 1 amide bonds. The van der Waals surface area contributed by atoms with Crippen molar-refractivity contribution in [1.29, 1.82) is 0 Å². The monoisotopic (exact) mass is 395 g/mol. The van der Waals surface area contributed by atoms with Crippen LogP contribution in [-0.2, 0) is 16.1 Å². The minimum Gasteiger partial charge on any atom is -0.396 e. The third kappa shape index (κ3) is 3.01. The zero-order valence-corrected chi connectivity index (χ0v) is 16.2. The van der Waals surface area contributed by atoms with E-state index in [9.17, 15) is 14.7 Å². The lowest BCUT2D eigenvalue weighted by molar-refractivity contribution is -0.138. The van der Waals surface area contributed by atoms with E-state index in [1.807, 2.05) is 51.9 Å². The fourth-order valence-corrected chi connectivity index (χ4v) is 5.06. The van der Waals surface area contributed by atoms with E-state index in [-0.39, 0.29) is 36.0 Å². The van der Waals surface area contributed by atoms with Gasteiger partial charge in [0.1, 0.15) is 0 Å². The van der Waals surface area contributed by atoms with E-state index in [0.717, 1.165) is 11.3 Å².